The van der Waals surface area contributed by atoms with Crippen LogP contribution in [0.3, 0.4) is 0 Å². The Morgan fingerprint density at radius 3 is 2.41 bits per heavy atom. The maximum absolute atomic E-state index is 11.8. The fourth-order valence-electron chi connectivity index (χ4n) is 1.65. The van der Waals surface area contributed by atoms with Gasteiger partial charge in [0, 0.05) is 25.2 Å². The molecule has 0 saturated heterocycles. The summed E-state index contributed by atoms with van der Waals surface area (Å²) in [5, 5.41) is 0. The molecule has 0 amide bonds. The third kappa shape index (κ3) is 2.97. The Hall–Kier alpha value is -1.55. The van der Waals surface area contributed by atoms with Crippen LogP contribution in [0.25, 0.3) is 0 Å². The van der Waals surface area contributed by atoms with Gasteiger partial charge in [0.2, 0.25) is 0 Å². The Balaban J connectivity index is 3.14. The average Bonchev–Trinajstić information content (AvgIpc) is 2.39. The van der Waals surface area contributed by atoms with Crippen LogP contribution in [0.5, 0.6) is 11.5 Å². The molecule has 0 fully saturated rings. The normalized spacial score (nSPS) is 12.0. The molecule has 0 aliphatic rings. The van der Waals surface area contributed by atoms with Crippen molar-refractivity contribution in [1.82, 2.24) is 0 Å². The summed E-state index contributed by atoms with van der Waals surface area (Å²) in [5.74, 6) is 1.30. The zero-order chi connectivity index (χ0) is 12.8. The summed E-state index contributed by atoms with van der Waals surface area (Å²) in [6.45, 7) is 1.81. The van der Waals surface area contributed by atoms with Crippen LogP contribution < -0.4 is 9.47 Å². The van der Waals surface area contributed by atoms with E-state index in [-0.39, 0.29) is 5.78 Å². The number of methoxy groups -OCH3 is 3. The number of ether oxygens (including phenoxy) is 3. The van der Waals surface area contributed by atoms with Crippen molar-refractivity contribution in [3.8, 4) is 11.5 Å². The summed E-state index contributed by atoms with van der Waals surface area (Å²) >= 11 is 0. The second kappa shape index (κ2) is 6.25. The summed E-state index contributed by atoms with van der Waals surface area (Å²) in [4.78, 5) is 11.8. The molecule has 0 heterocycles. The molecular weight excluding hydrogens is 220 g/mol. The van der Waals surface area contributed by atoms with Crippen LogP contribution in [0.15, 0.2) is 18.2 Å². The summed E-state index contributed by atoms with van der Waals surface area (Å²) < 4.78 is 15.6. The Kier molecular flexibility index (Phi) is 4.97. The molecule has 0 bridgehead atoms. The predicted molar refractivity (Wildman–Crippen MR) is 64.6 cm³/mol. The fraction of sp³-hybridized carbons (Fsp3) is 0.462. The largest absolute Gasteiger partial charge is 0.497 e. The molecule has 0 aromatic heterocycles. The second-order valence-corrected chi connectivity index (χ2v) is 3.54. The van der Waals surface area contributed by atoms with Crippen LogP contribution in [0, 0.1) is 0 Å². The van der Waals surface area contributed by atoms with Crippen LogP contribution in [0.4, 0.5) is 0 Å². The lowest BCUT2D eigenvalue weighted by atomic mass is 10.0. The van der Waals surface area contributed by atoms with Gasteiger partial charge in [-0.05, 0) is 12.1 Å². The van der Waals surface area contributed by atoms with Crippen molar-refractivity contribution in [2.24, 2.45) is 0 Å². The van der Waals surface area contributed by atoms with Crippen molar-refractivity contribution >= 4 is 5.78 Å². The van der Waals surface area contributed by atoms with E-state index in [1.165, 1.54) is 7.11 Å². The molecule has 0 saturated carbocycles. The van der Waals surface area contributed by atoms with Gasteiger partial charge in [-0.15, -0.1) is 0 Å². The topological polar surface area (TPSA) is 44.8 Å². The van der Waals surface area contributed by atoms with Gasteiger partial charge >= 0.3 is 0 Å². The van der Waals surface area contributed by atoms with E-state index in [1.54, 1.807) is 32.4 Å². The summed E-state index contributed by atoms with van der Waals surface area (Å²) in [6.07, 6.45) is -0.158. The van der Waals surface area contributed by atoms with Crippen LogP contribution in [0.1, 0.15) is 25.0 Å². The molecule has 1 unspecified atom stereocenters. The molecular formula is C13H18O4. The maximum Gasteiger partial charge on any atom is 0.165 e. The van der Waals surface area contributed by atoms with E-state index in [0.29, 0.717) is 17.9 Å². The van der Waals surface area contributed by atoms with Gasteiger partial charge < -0.3 is 14.2 Å². The van der Waals surface area contributed by atoms with E-state index >= 15 is 0 Å². The lowest BCUT2D eigenvalue weighted by Crippen LogP contribution is -2.14. The van der Waals surface area contributed by atoms with Crippen LogP contribution in [0.2, 0.25) is 0 Å². The number of benzene rings is 1. The summed E-state index contributed by atoms with van der Waals surface area (Å²) in [6, 6.07) is 5.32. The summed E-state index contributed by atoms with van der Waals surface area (Å²) in [5.41, 5.74) is 0.725. The quantitative estimate of drug-likeness (QED) is 0.763. The molecule has 0 aliphatic heterocycles. The van der Waals surface area contributed by atoms with Gasteiger partial charge in [-0.1, -0.05) is 6.92 Å². The zero-order valence-corrected chi connectivity index (χ0v) is 10.6. The van der Waals surface area contributed by atoms with Crippen LogP contribution in [-0.4, -0.2) is 27.1 Å². The SMILES string of the molecule is CCC(=O)C(OC)c1ccc(OC)cc1OC. The third-order valence-corrected chi connectivity index (χ3v) is 2.60. The van der Waals surface area contributed by atoms with Gasteiger partial charge in [-0.25, -0.2) is 0 Å². The minimum Gasteiger partial charge on any atom is -0.497 e. The molecule has 94 valence electrons. The van der Waals surface area contributed by atoms with Gasteiger partial charge in [0.05, 0.1) is 14.2 Å². The van der Waals surface area contributed by atoms with E-state index in [2.05, 4.69) is 0 Å². The van der Waals surface area contributed by atoms with E-state index < -0.39 is 6.10 Å². The monoisotopic (exact) mass is 238 g/mol. The molecule has 0 aliphatic carbocycles. The summed E-state index contributed by atoms with van der Waals surface area (Å²) in [7, 11) is 4.66. The van der Waals surface area contributed by atoms with E-state index in [4.69, 9.17) is 14.2 Å². The smallest absolute Gasteiger partial charge is 0.165 e. The molecule has 1 aromatic rings. The molecule has 17 heavy (non-hydrogen) atoms. The molecule has 0 radical (unpaired) electrons. The van der Waals surface area contributed by atoms with Crippen molar-refractivity contribution < 1.29 is 19.0 Å². The first-order valence-corrected chi connectivity index (χ1v) is 5.45. The van der Waals surface area contributed by atoms with Crippen LogP contribution in [-0.2, 0) is 9.53 Å². The fourth-order valence-corrected chi connectivity index (χ4v) is 1.65. The van der Waals surface area contributed by atoms with Crippen molar-refractivity contribution in [2.75, 3.05) is 21.3 Å². The highest BCUT2D eigenvalue weighted by Crippen LogP contribution is 2.31. The van der Waals surface area contributed by atoms with Crippen molar-refractivity contribution in [2.45, 2.75) is 19.4 Å². The first-order valence-electron chi connectivity index (χ1n) is 5.45. The van der Waals surface area contributed by atoms with E-state index in [1.807, 2.05) is 6.92 Å². The molecule has 4 heteroatoms. The minimum absolute atomic E-state index is 0.0240. The lowest BCUT2D eigenvalue weighted by molar-refractivity contribution is -0.128. The van der Waals surface area contributed by atoms with E-state index in [9.17, 15) is 4.79 Å². The average molecular weight is 238 g/mol. The molecule has 1 rings (SSSR count). The maximum atomic E-state index is 11.8. The molecule has 1 atom stereocenters. The van der Waals surface area contributed by atoms with Gasteiger partial charge in [-0.3, -0.25) is 4.79 Å². The Bertz CT molecular complexity index is 387. The van der Waals surface area contributed by atoms with Crippen molar-refractivity contribution in [3.63, 3.8) is 0 Å². The highest BCUT2D eigenvalue weighted by Gasteiger charge is 2.22. The minimum atomic E-state index is -0.583. The van der Waals surface area contributed by atoms with E-state index in [0.717, 1.165) is 5.56 Å². The first-order chi connectivity index (χ1) is 8.17. The number of ketones is 1. The number of rotatable bonds is 6. The highest BCUT2D eigenvalue weighted by atomic mass is 16.5. The number of carbonyl (C=O) groups is 1. The number of Topliss-reactive ketones (excluding diaryl/α,β-unsaturated/α-hetero) is 1. The number of carbonyl (C=O) groups excluding carboxylic acids is 1. The van der Waals surface area contributed by atoms with Crippen molar-refractivity contribution in [1.29, 1.82) is 0 Å². The first kappa shape index (κ1) is 13.5. The Morgan fingerprint density at radius 1 is 1.24 bits per heavy atom. The molecule has 0 N–H and O–H groups in total. The van der Waals surface area contributed by atoms with Gasteiger partial charge in [0.1, 0.15) is 17.6 Å². The highest BCUT2D eigenvalue weighted by molar-refractivity contribution is 5.84. The van der Waals surface area contributed by atoms with Crippen LogP contribution >= 0.6 is 0 Å². The standard InChI is InChI=1S/C13H18O4/c1-5-11(14)13(17-4)10-7-6-9(15-2)8-12(10)16-3/h6-8,13H,5H2,1-4H3. The van der Waals surface area contributed by atoms with Crippen molar-refractivity contribution in [3.05, 3.63) is 23.8 Å². The second-order valence-electron chi connectivity index (χ2n) is 3.54. The van der Waals surface area contributed by atoms with Gasteiger partial charge in [-0.2, -0.15) is 0 Å². The molecule has 1 aromatic carbocycles. The number of hydrogen-bond donors (Lipinski definition) is 0. The molecule has 0 spiro atoms. The third-order valence-electron chi connectivity index (χ3n) is 2.60. The van der Waals surface area contributed by atoms with Gasteiger partial charge in [0.15, 0.2) is 5.78 Å². The Labute approximate surface area is 101 Å². The Morgan fingerprint density at radius 2 is 1.94 bits per heavy atom. The van der Waals surface area contributed by atoms with Gasteiger partial charge in [0.25, 0.3) is 0 Å². The predicted octanol–water partition coefficient (Wildman–Crippen LogP) is 2.37. The number of hydrogen-bond acceptors (Lipinski definition) is 4. The lowest BCUT2D eigenvalue weighted by Gasteiger charge is -2.17. The zero-order valence-electron chi connectivity index (χ0n) is 10.6. The molecule has 4 nitrogen and oxygen atoms in total.